The van der Waals surface area contributed by atoms with Gasteiger partial charge in [-0.3, -0.25) is 9.48 Å². The molecule has 1 aliphatic rings. The molecule has 0 radical (unpaired) electrons. The van der Waals surface area contributed by atoms with Crippen LogP contribution in [0.2, 0.25) is 0 Å². The average Bonchev–Trinajstić information content (AvgIpc) is 3.14. The molecular formula is C20H21N5O. The lowest BCUT2D eigenvalue weighted by atomic mass is 9.93. The summed E-state index contributed by atoms with van der Waals surface area (Å²) in [6.07, 6.45) is 5.31. The molecule has 0 spiro atoms. The number of rotatable bonds is 3. The number of amides is 1. The van der Waals surface area contributed by atoms with Gasteiger partial charge in [0.25, 0.3) is 5.91 Å². The van der Waals surface area contributed by atoms with Gasteiger partial charge in [-0.05, 0) is 25.0 Å². The first-order valence-corrected chi connectivity index (χ1v) is 8.88. The van der Waals surface area contributed by atoms with Crippen molar-refractivity contribution in [2.24, 2.45) is 7.05 Å². The number of hydrogen-bond donors (Lipinski definition) is 0. The molecule has 0 N–H and O–H groups in total. The highest BCUT2D eigenvalue weighted by Crippen LogP contribution is 2.28. The zero-order valence-electron chi connectivity index (χ0n) is 14.7. The third-order valence-corrected chi connectivity index (χ3v) is 4.95. The Morgan fingerprint density at radius 1 is 1.04 bits per heavy atom. The Hall–Kier alpha value is -3.02. The van der Waals surface area contributed by atoms with E-state index in [9.17, 15) is 4.79 Å². The molecule has 0 unspecified atom stereocenters. The number of piperidine rings is 1. The van der Waals surface area contributed by atoms with E-state index in [1.54, 1.807) is 24.0 Å². The lowest BCUT2D eigenvalue weighted by Crippen LogP contribution is -2.38. The number of aromatic nitrogens is 4. The molecule has 1 saturated heterocycles. The van der Waals surface area contributed by atoms with Crippen LogP contribution in [0.3, 0.4) is 0 Å². The molecule has 132 valence electrons. The summed E-state index contributed by atoms with van der Waals surface area (Å²) in [4.78, 5) is 23.7. The minimum atomic E-state index is 0.0520. The molecular weight excluding hydrogens is 326 g/mol. The van der Waals surface area contributed by atoms with Crippen molar-refractivity contribution in [1.29, 1.82) is 0 Å². The largest absolute Gasteiger partial charge is 0.337 e. The van der Waals surface area contributed by atoms with Gasteiger partial charge in [-0.15, -0.1) is 0 Å². The van der Waals surface area contributed by atoms with Crippen LogP contribution in [-0.2, 0) is 7.05 Å². The van der Waals surface area contributed by atoms with Gasteiger partial charge in [-0.25, -0.2) is 9.97 Å². The van der Waals surface area contributed by atoms with Crippen molar-refractivity contribution in [3.05, 3.63) is 66.2 Å². The van der Waals surface area contributed by atoms with Crippen molar-refractivity contribution < 1.29 is 4.79 Å². The number of likely N-dealkylation sites (tertiary alicyclic amines) is 1. The number of benzene rings is 1. The Morgan fingerprint density at radius 2 is 1.81 bits per heavy atom. The first-order chi connectivity index (χ1) is 12.7. The monoisotopic (exact) mass is 347 g/mol. The van der Waals surface area contributed by atoms with Crippen molar-refractivity contribution in [2.75, 3.05) is 13.1 Å². The van der Waals surface area contributed by atoms with E-state index in [2.05, 4.69) is 10.1 Å². The molecule has 0 atom stereocenters. The third kappa shape index (κ3) is 3.22. The van der Waals surface area contributed by atoms with Gasteiger partial charge in [0.1, 0.15) is 5.69 Å². The predicted octanol–water partition coefficient (Wildman–Crippen LogP) is 2.90. The minimum absolute atomic E-state index is 0.0520. The van der Waals surface area contributed by atoms with Crippen LogP contribution in [0.5, 0.6) is 0 Å². The second-order valence-corrected chi connectivity index (χ2v) is 6.58. The third-order valence-electron chi connectivity index (χ3n) is 4.95. The molecule has 1 aromatic carbocycles. The number of aryl methyl sites for hydroxylation is 1. The second kappa shape index (κ2) is 7.07. The SMILES string of the molecule is Cn1nccc1C(=O)N1CCC(c2ccnc(-c3ccccc3)n2)CC1. The molecule has 26 heavy (non-hydrogen) atoms. The van der Waals surface area contributed by atoms with E-state index < -0.39 is 0 Å². The summed E-state index contributed by atoms with van der Waals surface area (Å²) in [6, 6.07) is 13.8. The molecule has 0 saturated carbocycles. The van der Waals surface area contributed by atoms with Gasteiger partial charge in [0.2, 0.25) is 0 Å². The van der Waals surface area contributed by atoms with E-state index in [0.29, 0.717) is 11.6 Å². The maximum Gasteiger partial charge on any atom is 0.272 e. The van der Waals surface area contributed by atoms with Crippen molar-refractivity contribution in [3.63, 3.8) is 0 Å². The highest BCUT2D eigenvalue weighted by molar-refractivity contribution is 5.92. The highest BCUT2D eigenvalue weighted by atomic mass is 16.2. The molecule has 1 fully saturated rings. The van der Waals surface area contributed by atoms with Crippen molar-refractivity contribution in [2.45, 2.75) is 18.8 Å². The first-order valence-electron chi connectivity index (χ1n) is 8.88. The fourth-order valence-electron chi connectivity index (χ4n) is 3.45. The molecule has 4 rings (SSSR count). The summed E-state index contributed by atoms with van der Waals surface area (Å²) in [7, 11) is 1.80. The van der Waals surface area contributed by atoms with Crippen LogP contribution in [0.15, 0.2) is 54.9 Å². The van der Waals surface area contributed by atoms with Crippen LogP contribution < -0.4 is 0 Å². The Bertz CT molecular complexity index is 897. The maximum atomic E-state index is 12.6. The van der Waals surface area contributed by atoms with Gasteiger partial charge in [-0.2, -0.15) is 5.10 Å². The van der Waals surface area contributed by atoms with E-state index >= 15 is 0 Å². The second-order valence-electron chi connectivity index (χ2n) is 6.58. The normalized spacial score (nSPS) is 15.2. The van der Waals surface area contributed by atoms with Crippen LogP contribution in [0.1, 0.15) is 34.9 Å². The summed E-state index contributed by atoms with van der Waals surface area (Å²) in [6.45, 7) is 1.47. The van der Waals surface area contributed by atoms with E-state index in [4.69, 9.17) is 4.98 Å². The smallest absolute Gasteiger partial charge is 0.272 e. The molecule has 0 bridgehead atoms. The van der Waals surface area contributed by atoms with Crippen molar-refractivity contribution >= 4 is 5.91 Å². The molecule has 6 heteroatoms. The summed E-state index contributed by atoms with van der Waals surface area (Å²) < 4.78 is 1.63. The molecule has 3 heterocycles. The summed E-state index contributed by atoms with van der Waals surface area (Å²) in [5, 5.41) is 4.09. The molecule has 1 aliphatic heterocycles. The van der Waals surface area contributed by atoms with Crippen LogP contribution in [0.4, 0.5) is 0 Å². The standard InChI is InChI=1S/C20H21N5O/c1-24-18(8-12-22-24)20(26)25-13-9-15(10-14-25)17-7-11-21-19(23-17)16-5-3-2-4-6-16/h2-8,11-12,15H,9-10,13-14H2,1H3. The van der Waals surface area contributed by atoms with Gasteiger partial charge in [0.15, 0.2) is 5.82 Å². The van der Waals surface area contributed by atoms with Gasteiger partial charge >= 0.3 is 0 Å². The fraction of sp³-hybridized carbons (Fsp3) is 0.300. The van der Waals surface area contributed by atoms with Gasteiger partial charge < -0.3 is 4.90 Å². The zero-order chi connectivity index (χ0) is 17.9. The topological polar surface area (TPSA) is 63.9 Å². The summed E-state index contributed by atoms with van der Waals surface area (Å²) in [5.41, 5.74) is 2.72. The number of carbonyl (C=O) groups is 1. The van der Waals surface area contributed by atoms with Gasteiger partial charge in [0, 0.05) is 49.7 Å². The van der Waals surface area contributed by atoms with E-state index in [0.717, 1.165) is 43.0 Å². The molecule has 2 aromatic heterocycles. The lowest BCUT2D eigenvalue weighted by Gasteiger charge is -2.31. The first kappa shape index (κ1) is 16.4. The van der Waals surface area contributed by atoms with Crippen LogP contribution in [-0.4, -0.2) is 43.6 Å². The quantitative estimate of drug-likeness (QED) is 0.731. The zero-order valence-corrected chi connectivity index (χ0v) is 14.7. The predicted molar refractivity (Wildman–Crippen MR) is 98.6 cm³/mol. The van der Waals surface area contributed by atoms with Gasteiger partial charge in [0.05, 0.1) is 0 Å². The Labute approximate surface area is 152 Å². The van der Waals surface area contributed by atoms with Crippen molar-refractivity contribution in [3.8, 4) is 11.4 Å². The molecule has 0 aliphatic carbocycles. The number of carbonyl (C=O) groups excluding carboxylic acids is 1. The van der Waals surface area contributed by atoms with E-state index in [-0.39, 0.29) is 5.91 Å². The van der Waals surface area contributed by atoms with Crippen LogP contribution in [0.25, 0.3) is 11.4 Å². The Balaban J connectivity index is 1.45. The Morgan fingerprint density at radius 3 is 2.50 bits per heavy atom. The van der Waals surface area contributed by atoms with Gasteiger partial charge in [-0.1, -0.05) is 30.3 Å². The Kier molecular flexibility index (Phi) is 4.48. The number of hydrogen-bond acceptors (Lipinski definition) is 4. The average molecular weight is 347 g/mol. The lowest BCUT2D eigenvalue weighted by molar-refractivity contribution is 0.0701. The molecule has 1 amide bonds. The summed E-state index contributed by atoms with van der Waals surface area (Å²) >= 11 is 0. The van der Waals surface area contributed by atoms with Crippen LogP contribution in [0, 0.1) is 0 Å². The highest BCUT2D eigenvalue weighted by Gasteiger charge is 2.26. The van der Waals surface area contributed by atoms with Crippen molar-refractivity contribution in [1.82, 2.24) is 24.6 Å². The molecule has 3 aromatic rings. The maximum absolute atomic E-state index is 12.6. The van der Waals surface area contributed by atoms with E-state index in [1.807, 2.05) is 47.5 Å². The number of nitrogens with zero attached hydrogens (tertiary/aromatic N) is 5. The van der Waals surface area contributed by atoms with Crippen LogP contribution >= 0.6 is 0 Å². The fourth-order valence-corrected chi connectivity index (χ4v) is 3.45. The summed E-state index contributed by atoms with van der Waals surface area (Å²) in [5.74, 6) is 1.17. The minimum Gasteiger partial charge on any atom is -0.337 e. The molecule has 6 nitrogen and oxygen atoms in total. The van der Waals surface area contributed by atoms with E-state index in [1.165, 1.54) is 0 Å².